The van der Waals surface area contributed by atoms with Crippen molar-refractivity contribution in [2.24, 2.45) is 5.41 Å². The van der Waals surface area contributed by atoms with Gasteiger partial charge in [0.2, 0.25) is 0 Å². The number of benzene rings is 1. The van der Waals surface area contributed by atoms with Crippen molar-refractivity contribution in [3.05, 3.63) is 29.6 Å². The molecular weight excluding hydrogens is 270 g/mol. The largest absolute Gasteiger partial charge is 0.416 e. The van der Waals surface area contributed by atoms with Crippen molar-refractivity contribution in [1.82, 2.24) is 0 Å². The van der Waals surface area contributed by atoms with E-state index in [1.807, 2.05) is 0 Å². The Labute approximate surface area is 116 Å². The first-order valence-corrected chi connectivity index (χ1v) is 6.83. The Kier molecular flexibility index (Phi) is 3.98. The zero-order valence-corrected chi connectivity index (χ0v) is 11.6. The number of nitrogens with one attached hydrogen (secondary N) is 1. The van der Waals surface area contributed by atoms with Crippen LogP contribution in [0, 0.1) is 11.2 Å². The van der Waals surface area contributed by atoms with Crippen LogP contribution in [0.1, 0.15) is 45.1 Å². The minimum atomic E-state index is -4.45. The van der Waals surface area contributed by atoms with Crippen molar-refractivity contribution in [3.63, 3.8) is 0 Å². The van der Waals surface area contributed by atoms with Gasteiger partial charge in [-0.2, -0.15) is 13.2 Å². The minimum absolute atomic E-state index is 0.00534. The molecule has 1 fully saturated rings. The fourth-order valence-corrected chi connectivity index (χ4v) is 2.76. The van der Waals surface area contributed by atoms with Crippen molar-refractivity contribution >= 4 is 5.69 Å². The summed E-state index contributed by atoms with van der Waals surface area (Å²) in [5.74, 6) is -0.639. The van der Waals surface area contributed by atoms with Gasteiger partial charge in [-0.1, -0.05) is 26.7 Å². The van der Waals surface area contributed by atoms with Crippen LogP contribution in [-0.2, 0) is 6.18 Å². The maximum absolute atomic E-state index is 13.7. The molecule has 0 aromatic heterocycles. The average Bonchev–Trinajstić information content (AvgIpc) is 2.32. The number of hydrogen-bond donors (Lipinski definition) is 1. The third-order valence-electron chi connectivity index (χ3n) is 4.13. The summed E-state index contributed by atoms with van der Waals surface area (Å²) in [5.41, 5.74) is -0.923. The predicted octanol–water partition coefficient (Wildman–Crippen LogP) is 5.23. The number of rotatable bonds is 2. The molecule has 1 aromatic rings. The van der Waals surface area contributed by atoms with Crippen LogP contribution >= 0.6 is 0 Å². The summed E-state index contributed by atoms with van der Waals surface area (Å²) in [6.07, 6.45) is -0.488. The topological polar surface area (TPSA) is 12.0 Å². The van der Waals surface area contributed by atoms with Gasteiger partial charge in [0.25, 0.3) is 0 Å². The molecule has 0 saturated heterocycles. The number of hydrogen-bond acceptors (Lipinski definition) is 1. The van der Waals surface area contributed by atoms with Crippen LogP contribution in [-0.4, -0.2) is 6.04 Å². The smallest absolute Gasteiger partial charge is 0.379 e. The molecule has 1 N–H and O–H groups in total. The van der Waals surface area contributed by atoms with Crippen LogP contribution < -0.4 is 5.32 Å². The predicted molar refractivity (Wildman–Crippen MR) is 71.1 cm³/mol. The Hall–Kier alpha value is -1.26. The lowest BCUT2D eigenvalue weighted by molar-refractivity contribution is -0.137. The second-order valence-corrected chi connectivity index (χ2v) is 6.12. The van der Waals surface area contributed by atoms with Crippen LogP contribution in [0.5, 0.6) is 0 Å². The van der Waals surface area contributed by atoms with Crippen LogP contribution in [0.15, 0.2) is 18.2 Å². The molecule has 0 radical (unpaired) electrons. The Morgan fingerprint density at radius 3 is 2.50 bits per heavy atom. The van der Waals surface area contributed by atoms with Gasteiger partial charge in [-0.25, -0.2) is 4.39 Å². The average molecular weight is 289 g/mol. The van der Waals surface area contributed by atoms with Crippen molar-refractivity contribution in [2.45, 2.75) is 51.7 Å². The summed E-state index contributed by atoms with van der Waals surface area (Å²) in [6.45, 7) is 4.13. The molecule has 0 aliphatic heterocycles. The molecule has 0 bridgehead atoms. The standard InChI is InChI=1S/C15H19F4N/c1-14(2)8-4-3-5-13(14)20-12-9-10(15(17,18)19)6-7-11(12)16/h6-7,9,13,20H,3-5,8H2,1-2H3. The monoisotopic (exact) mass is 289 g/mol. The zero-order valence-electron chi connectivity index (χ0n) is 11.6. The molecule has 1 atom stereocenters. The molecule has 0 spiro atoms. The van der Waals surface area contributed by atoms with Crippen molar-refractivity contribution in [1.29, 1.82) is 0 Å². The van der Waals surface area contributed by atoms with Gasteiger partial charge in [0, 0.05) is 6.04 Å². The second-order valence-electron chi connectivity index (χ2n) is 6.12. The van der Waals surface area contributed by atoms with Crippen molar-refractivity contribution in [2.75, 3.05) is 5.32 Å². The van der Waals surface area contributed by atoms with Crippen LogP contribution in [0.4, 0.5) is 23.2 Å². The Balaban J connectivity index is 2.24. The molecule has 1 aliphatic carbocycles. The number of alkyl halides is 3. The third-order valence-corrected chi connectivity index (χ3v) is 4.13. The highest BCUT2D eigenvalue weighted by Gasteiger charge is 2.34. The highest BCUT2D eigenvalue weighted by Crippen LogP contribution is 2.38. The van der Waals surface area contributed by atoms with Crippen LogP contribution in [0.2, 0.25) is 0 Å². The fraction of sp³-hybridized carbons (Fsp3) is 0.600. The lowest BCUT2D eigenvalue weighted by Crippen LogP contribution is -2.39. The van der Waals surface area contributed by atoms with E-state index in [1.54, 1.807) is 0 Å². The van der Waals surface area contributed by atoms with E-state index in [1.165, 1.54) is 0 Å². The third kappa shape index (κ3) is 3.25. The quantitative estimate of drug-likeness (QED) is 0.735. The van der Waals surface area contributed by atoms with Gasteiger partial charge in [0.15, 0.2) is 0 Å². The highest BCUT2D eigenvalue weighted by atomic mass is 19.4. The zero-order chi connectivity index (χ0) is 15.0. The summed E-state index contributed by atoms with van der Waals surface area (Å²) >= 11 is 0. The van der Waals surface area contributed by atoms with E-state index in [2.05, 4.69) is 19.2 Å². The molecule has 0 amide bonds. The Morgan fingerprint density at radius 2 is 1.90 bits per heavy atom. The molecule has 2 rings (SSSR count). The first-order valence-electron chi connectivity index (χ1n) is 6.83. The Morgan fingerprint density at radius 1 is 1.20 bits per heavy atom. The van der Waals surface area contributed by atoms with E-state index < -0.39 is 17.6 Å². The fourth-order valence-electron chi connectivity index (χ4n) is 2.76. The summed E-state index contributed by atoms with van der Waals surface area (Å²) in [5, 5.41) is 2.98. The van der Waals surface area contributed by atoms with Gasteiger partial charge in [-0.3, -0.25) is 0 Å². The maximum Gasteiger partial charge on any atom is 0.416 e. The van der Waals surface area contributed by atoms with Gasteiger partial charge in [-0.05, 0) is 36.5 Å². The molecule has 1 unspecified atom stereocenters. The summed E-state index contributed by atoms with van der Waals surface area (Å²) in [6, 6.07) is 2.50. The molecule has 20 heavy (non-hydrogen) atoms. The van der Waals surface area contributed by atoms with E-state index in [0.29, 0.717) is 0 Å². The van der Waals surface area contributed by atoms with E-state index in [-0.39, 0.29) is 17.1 Å². The van der Waals surface area contributed by atoms with Gasteiger partial charge in [0.05, 0.1) is 11.3 Å². The summed E-state index contributed by atoms with van der Waals surface area (Å²) < 4.78 is 51.8. The first kappa shape index (κ1) is 15.1. The summed E-state index contributed by atoms with van der Waals surface area (Å²) in [7, 11) is 0. The van der Waals surface area contributed by atoms with Gasteiger partial charge in [0.1, 0.15) is 5.82 Å². The minimum Gasteiger partial charge on any atom is -0.379 e. The first-order chi connectivity index (χ1) is 9.20. The highest BCUT2D eigenvalue weighted by molar-refractivity contribution is 5.49. The van der Waals surface area contributed by atoms with Crippen molar-refractivity contribution in [3.8, 4) is 0 Å². The molecule has 1 saturated carbocycles. The van der Waals surface area contributed by atoms with Crippen molar-refractivity contribution < 1.29 is 17.6 Å². The molecule has 112 valence electrons. The van der Waals surface area contributed by atoms with Gasteiger partial charge in [-0.15, -0.1) is 0 Å². The maximum atomic E-state index is 13.7. The molecule has 1 aliphatic rings. The molecule has 1 aromatic carbocycles. The molecular formula is C15H19F4N. The van der Waals surface area contributed by atoms with E-state index in [0.717, 1.165) is 43.9 Å². The summed E-state index contributed by atoms with van der Waals surface area (Å²) in [4.78, 5) is 0. The van der Waals surface area contributed by atoms with Crippen LogP contribution in [0.3, 0.4) is 0 Å². The van der Waals surface area contributed by atoms with Gasteiger partial charge >= 0.3 is 6.18 Å². The lowest BCUT2D eigenvalue weighted by Gasteiger charge is -2.39. The number of halogens is 4. The van der Waals surface area contributed by atoms with E-state index >= 15 is 0 Å². The SMILES string of the molecule is CC1(C)CCCCC1Nc1cc(C(F)(F)F)ccc1F. The Bertz CT molecular complexity index is 479. The molecule has 1 nitrogen and oxygen atoms in total. The van der Waals surface area contributed by atoms with Crippen LogP contribution in [0.25, 0.3) is 0 Å². The molecule has 0 heterocycles. The van der Waals surface area contributed by atoms with E-state index in [9.17, 15) is 17.6 Å². The second kappa shape index (κ2) is 5.26. The lowest BCUT2D eigenvalue weighted by atomic mass is 9.73. The number of anilines is 1. The molecule has 5 heteroatoms. The van der Waals surface area contributed by atoms with E-state index in [4.69, 9.17) is 0 Å². The van der Waals surface area contributed by atoms with Gasteiger partial charge < -0.3 is 5.32 Å². The normalized spacial score (nSPS) is 22.6.